The summed E-state index contributed by atoms with van der Waals surface area (Å²) in [5.41, 5.74) is 6.49. The SMILES string of the molecule is Cc1cc(O)cc(C2(CN)CC2)c1F. The van der Waals surface area contributed by atoms with Crippen LogP contribution in [-0.2, 0) is 5.41 Å². The second-order valence-corrected chi connectivity index (χ2v) is 4.11. The van der Waals surface area contributed by atoms with E-state index >= 15 is 0 Å². The van der Waals surface area contributed by atoms with E-state index in [1.54, 1.807) is 6.92 Å². The molecule has 0 heterocycles. The molecule has 76 valence electrons. The number of benzene rings is 1. The molecular formula is C11H14FNO. The van der Waals surface area contributed by atoms with Gasteiger partial charge in [0.25, 0.3) is 0 Å². The molecule has 0 aromatic heterocycles. The molecule has 1 aromatic rings. The largest absolute Gasteiger partial charge is 0.508 e. The molecule has 0 bridgehead atoms. The first kappa shape index (κ1) is 9.46. The number of hydrogen-bond acceptors (Lipinski definition) is 2. The van der Waals surface area contributed by atoms with Crippen molar-refractivity contribution in [1.82, 2.24) is 0 Å². The third-order valence-corrected chi connectivity index (χ3v) is 3.05. The summed E-state index contributed by atoms with van der Waals surface area (Å²) in [5.74, 6) is -0.0932. The molecule has 1 aromatic carbocycles. The molecule has 14 heavy (non-hydrogen) atoms. The summed E-state index contributed by atoms with van der Waals surface area (Å²) >= 11 is 0. The van der Waals surface area contributed by atoms with Gasteiger partial charge >= 0.3 is 0 Å². The van der Waals surface area contributed by atoms with E-state index in [0.717, 1.165) is 12.8 Å². The number of aromatic hydroxyl groups is 1. The summed E-state index contributed by atoms with van der Waals surface area (Å²) in [6, 6.07) is 2.94. The molecule has 0 amide bonds. The van der Waals surface area contributed by atoms with E-state index in [-0.39, 0.29) is 17.0 Å². The van der Waals surface area contributed by atoms with Crippen molar-refractivity contribution in [2.24, 2.45) is 5.73 Å². The van der Waals surface area contributed by atoms with Gasteiger partial charge in [0, 0.05) is 12.0 Å². The van der Waals surface area contributed by atoms with Gasteiger partial charge in [-0.15, -0.1) is 0 Å². The Morgan fingerprint density at radius 1 is 1.50 bits per heavy atom. The van der Waals surface area contributed by atoms with Gasteiger partial charge in [0.1, 0.15) is 11.6 Å². The van der Waals surface area contributed by atoms with Gasteiger partial charge in [-0.05, 0) is 43.0 Å². The van der Waals surface area contributed by atoms with Crippen LogP contribution in [-0.4, -0.2) is 11.7 Å². The van der Waals surface area contributed by atoms with Gasteiger partial charge in [-0.2, -0.15) is 0 Å². The van der Waals surface area contributed by atoms with Crippen molar-refractivity contribution in [3.63, 3.8) is 0 Å². The monoisotopic (exact) mass is 195 g/mol. The maximum Gasteiger partial charge on any atom is 0.130 e. The molecular weight excluding hydrogens is 181 g/mol. The number of rotatable bonds is 2. The molecule has 3 heteroatoms. The van der Waals surface area contributed by atoms with Gasteiger partial charge in [-0.1, -0.05) is 0 Å². The van der Waals surface area contributed by atoms with Crippen LogP contribution in [0.4, 0.5) is 4.39 Å². The van der Waals surface area contributed by atoms with Crippen LogP contribution >= 0.6 is 0 Å². The van der Waals surface area contributed by atoms with E-state index < -0.39 is 0 Å². The smallest absolute Gasteiger partial charge is 0.130 e. The zero-order valence-corrected chi connectivity index (χ0v) is 8.18. The fourth-order valence-corrected chi connectivity index (χ4v) is 1.87. The van der Waals surface area contributed by atoms with Crippen LogP contribution < -0.4 is 5.73 Å². The van der Waals surface area contributed by atoms with Gasteiger partial charge in [0.15, 0.2) is 0 Å². The summed E-state index contributed by atoms with van der Waals surface area (Å²) in [4.78, 5) is 0. The zero-order chi connectivity index (χ0) is 10.3. The van der Waals surface area contributed by atoms with Gasteiger partial charge < -0.3 is 10.8 Å². The van der Waals surface area contributed by atoms with Crippen molar-refractivity contribution in [3.8, 4) is 5.75 Å². The van der Waals surface area contributed by atoms with Crippen molar-refractivity contribution in [2.75, 3.05) is 6.54 Å². The molecule has 1 aliphatic carbocycles. The molecule has 0 radical (unpaired) electrons. The number of nitrogens with two attached hydrogens (primary N) is 1. The summed E-state index contributed by atoms with van der Waals surface area (Å²) in [6.07, 6.45) is 1.84. The molecule has 1 fully saturated rings. The van der Waals surface area contributed by atoms with Crippen LogP contribution in [0.15, 0.2) is 12.1 Å². The van der Waals surface area contributed by atoms with Crippen LogP contribution in [0, 0.1) is 12.7 Å². The van der Waals surface area contributed by atoms with Crippen molar-refractivity contribution in [3.05, 3.63) is 29.1 Å². The van der Waals surface area contributed by atoms with Gasteiger partial charge in [-0.25, -0.2) is 4.39 Å². The minimum atomic E-state index is -0.217. The second kappa shape index (κ2) is 2.95. The highest BCUT2D eigenvalue weighted by Gasteiger charge is 2.45. The fourth-order valence-electron chi connectivity index (χ4n) is 1.87. The van der Waals surface area contributed by atoms with E-state index in [4.69, 9.17) is 5.73 Å². The Balaban J connectivity index is 2.52. The van der Waals surface area contributed by atoms with Gasteiger partial charge in [0.2, 0.25) is 0 Å². The lowest BCUT2D eigenvalue weighted by Gasteiger charge is -2.15. The maximum absolute atomic E-state index is 13.7. The molecule has 0 spiro atoms. The highest BCUT2D eigenvalue weighted by atomic mass is 19.1. The lowest BCUT2D eigenvalue weighted by atomic mass is 9.93. The first-order chi connectivity index (χ1) is 6.59. The Morgan fingerprint density at radius 2 is 2.14 bits per heavy atom. The predicted octanol–water partition coefficient (Wildman–Crippen LogP) is 1.83. The quantitative estimate of drug-likeness (QED) is 0.756. The highest BCUT2D eigenvalue weighted by molar-refractivity contribution is 5.42. The number of halogens is 1. The Bertz CT molecular complexity index is 372. The average Bonchev–Trinajstić information content (AvgIpc) is 2.92. The lowest BCUT2D eigenvalue weighted by molar-refractivity contribution is 0.467. The summed E-state index contributed by atoms with van der Waals surface area (Å²) in [6.45, 7) is 2.11. The maximum atomic E-state index is 13.7. The molecule has 1 aliphatic rings. The average molecular weight is 195 g/mol. The van der Waals surface area contributed by atoms with Crippen LogP contribution in [0.5, 0.6) is 5.75 Å². The Kier molecular flexibility index (Phi) is 2.00. The summed E-state index contributed by atoms with van der Waals surface area (Å²) < 4.78 is 13.7. The summed E-state index contributed by atoms with van der Waals surface area (Å²) in [5, 5.41) is 9.40. The Hall–Kier alpha value is -1.09. The number of aryl methyl sites for hydroxylation is 1. The Labute approximate surface area is 82.5 Å². The third kappa shape index (κ3) is 1.28. The zero-order valence-electron chi connectivity index (χ0n) is 8.18. The minimum absolute atomic E-state index is 0.124. The van der Waals surface area contributed by atoms with Crippen LogP contribution in [0.2, 0.25) is 0 Å². The Morgan fingerprint density at radius 3 is 2.64 bits per heavy atom. The standard InChI is InChI=1S/C11H14FNO/c1-7-4-8(14)5-9(10(7)12)11(6-13)2-3-11/h4-5,14H,2-3,6,13H2,1H3. The molecule has 0 saturated heterocycles. The van der Waals surface area contributed by atoms with Crippen molar-refractivity contribution in [1.29, 1.82) is 0 Å². The third-order valence-electron chi connectivity index (χ3n) is 3.05. The molecule has 0 unspecified atom stereocenters. The molecule has 0 atom stereocenters. The number of hydrogen-bond donors (Lipinski definition) is 2. The van der Waals surface area contributed by atoms with Crippen molar-refractivity contribution < 1.29 is 9.50 Å². The fraction of sp³-hybridized carbons (Fsp3) is 0.455. The number of phenolic OH excluding ortho intramolecular Hbond substituents is 1. The van der Waals surface area contributed by atoms with Crippen LogP contribution in [0.25, 0.3) is 0 Å². The van der Waals surface area contributed by atoms with Crippen molar-refractivity contribution >= 4 is 0 Å². The summed E-state index contributed by atoms with van der Waals surface area (Å²) in [7, 11) is 0. The van der Waals surface area contributed by atoms with E-state index in [1.807, 2.05) is 0 Å². The van der Waals surface area contributed by atoms with E-state index in [2.05, 4.69) is 0 Å². The lowest BCUT2D eigenvalue weighted by Crippen LogP contribution is -2.21. The predicted molar refractivity (Wildman–Crippen MR) is 52.8 cm³/mol. The minimum Gasteiger partial charge on any atom is -0.508 e. The van der Waals surface area contributed by atoms with Gasteiger partial charge in [-0.3, -0.25) is 0 Å². The topological polar surface area (TPSA) is 46.2 Å². The first-order valence-corrected chi connectivity index (χ1v) is 4.79. The highest BCUT2D eigenvalue weighted by Crippen LogP contribution is 2.49. The van der Waals surface area contributed by atoms with Crippen molar-refractivity contribution in [2.45, 2.75) is 25.2 Å². The normalized spacial score (nSPS) is 18.2. The van der Waals surface area contributed by atoms with E-state index in [0.29, 0.717) is 17.7 Å². The second-order valence-electron chi connectivity index (χ2n) is 4.11. The van der Waals surface area contributed by atoms with Gasteiger partial charge in [0.05, 0.1) is 0 Å². The number of phenols is 1. The van der Waals surface area contributed by atoms with Crippen LogP contribution in [0.3, 0.4) is 0 Å². The van der Waals surface area contributed by atoms with E-state index in [1.165, 1.54) is 12.1 Å². The van der Waals surface area contributed by atoms with E-state index in [9.17, 15) is 9.50 Å². The molecule has 1 saturated carbocycles. The molecule has 2 rings (SSSR count). The van der Waals surface area contributed by atoms with Crippen LogP contribution in [0.1, 0.15) is 24.0 Å². The molecule has 3 N–H and O–H groups in total. The first-order valence-electron chi connectivity index (χ1n) is 4.79. The molecule has 0 aliphatic heterocycles. The molecule has 2 nitrogen and oxygen atoms in total.